The maximum Gasteiger partial charge on any atom is 0.251 e. The summed E-state index contributed by atoms with van der Waals surface area (Å²) < 4.78 is 14.3. The lowest BCUT2D eigenvalue weighted by molar-refractivity contribution is -0.116. The van der Waals surface area contributed by atoms with Crippen molar-refractivity contribution in [3.63, 3.8) is 0 Å². The third-order valence-electron chi connectivity index (χ3n) is 7.83. The van der Waals surface area contributed by atoms with Crippen molar-refractivity contribution in [2.75, 3.05) is 17.2 Å². The Labute approximate surface area is 205 Å². The predicted octanol–water partition coefficient (Wildman–Crippen LogP) is 6.05. The van der Waals surface area contributed by atoms with Crippen molar-refractivity contribution in [2.45, 2.75) is 57.4 Å². The molecule has 1 heterocycles. The van der Waals surface area contributed by atoms with Gasteiger partial charge in [-0.1, -0.05) is 32.0 Å². The molecule has 2 amide bonds. The average molecular weight is 481 g/mol. The van der Waals surface area contributed by atoms with Crippen LogP contribution in [0, 0.1) is 29.0 Å². The maximum atomic E-state index is 14.3. The molecule has 4 nitrogen and oxygen atoms in total. The molecule has 0 aromatic heterocycles. The van der Waals surface area contributed by atoms with E-state index in [2.05, 4.69) is 19.2 Å². The number of carbonyl (C=O) groups excluding carboxylic acids is 2. The van der Waals surface area contributed by atoms with E-state index in [4.69, 9.17) is 0 Å². The molecule has 2 unspecified atom stereocenters. The zero-order chi connectivity index (χ0) is 23.9. The third-order valence-corrected chi connectivity index (χ3v) is 8.88. The number of nitrogens with one attached hydrogen (secondary N) is 1. The second-order valence-corrected chi connectivity index (χ2v) is 11.9. The minimum Gasteiger partial charge on any atom is -0.351 e. The Balaban J connectivity index is 1.34. The van der Waals surface area contributed by atoms with E-state index in [0.717, 1.165) is 10.8 Å². The van der Waals surface area contributed by atoms with Gasteiger partial charge in [-0.2, -0.15) is 0 Å². The molecule has 1 aliphatic heterocycles. The SMILES string of the molecule is C[C@@H]1CC2C[C@H](C)CC(CNC(=O)c3ccc4c(c3)N(Cc3ccccc3F)C(=O)CS4)(C2)C1. The number of hydrogen-bond acceptors (Lipinski definition) is 3. The first-order valence-electron chi connectivity index (χ1n) is 12.4. The second-order valence-electron chi connectivity index (χ2n) is 10.9. The molecule has 180 valence electrons. The van der Waals surface area contributed by atoms with Crippen LogP contribution in [0.25, 0.3) is 0 Å². The first kappa shape index (κ1) is 23.4. The monoisotopic (exact) mass is 480 g/mol. The summed E-state index contributed by atoms with van der Waals surface area (Å²) in [6, 6.07) is 12.1. The highest BCUT2D eigenvalue weighted by atomic mass is 32.2. The number of rotatable bonds is 5. The van der Waals surface area contributed by atoms with Gasteiger partial charge in [0.05, 0.1) is 18.0 Å². The van der Waals surface area contributed by atoms with Crippen molar-refractivity contribution in [2.24, 2.45) is 23.2 Å². The highest BCUT2D eigenvalue weighted by Crippen LogP contribution is 2.52. The Hall–Kier alpha value is -2.34. The number of nitrogens with zero attached hydrogens (tertiary/aromatic N) is 1. The zero-order valence-corrected chi connectivity index (χ0v) is 20.8. The molecule has 2 aliphatic carbocycles. The summed E-state index contributed by atoms with van der Waals surface area (Å²) in [7, 11) is 0. The largest absolute Gasteiger partial charge is 0.351 e. The normalized spacial score (nSPS) is 28.4. The second kappa shape index (κ2) is 9.37. The van der Waals surface area contributed by atoms with E-state index in [1.807, 2.05) is 12.1 Å². The minimum absolute atomic E-state index is 0.0735. The fraction of sp³-hybridized carbons (Fsp3) is 0.500. The van der Waals surface area contributed by atoms with Gasteiger partial charge in [0.25, 0.3) is 5.91 Å². The van der Waals surface area contributed by atoms with Crippen LogP contribution in [0.1, 0.15) is 61.9 Å². The molecule has 0 saturated heterocycles. The van der Waals surface area contributed by atoms with Gasteiger partial charge >= 0.3 is 0 Å². The Morgan fingerprint density at radius 3 is 2.59 bits per heavy atom. The topological polar surface area (TPSA) is 49.4 Å². The number of halogens is 1. The van der Waals surface area contributed by atoms with Crippen LogP contribution in [0.5, 0.6) is 0 Å². The van der Waals surface area contributed by atoms with Gasteiger partial charge in [-0.15, -0.1) is 11.8 Å². The molecule has 1 N–H and O–H groups in total. The molecule has 3 aliphatic rings. The van der Waals surface area contributed by atoms with E-state index in [-0.39, 0.29) is 29.6 Å². The van der Waals surface area contributed by atoms with Crippen molar-refractivity contribution in [1.29, 1.82) is 0 Å². The van der Waals surface area contributed by atoms with E-state index in [1.165, 1.54) is 49.9 Å². The van der Waals surface area contributed by atoms with Crippen molar-refractivity contribution in [3.05, 3.63) is 59.4 Å². The Morgan fingerprint density at radius 1 is 1.12 bits per heavy atom. The van der Waals surface area contributed by atoms with Gasteiger partial charge in [0.15, 0.2) is 0 Å². The Kier molecular flexibility index (Phi) is 6.45. The van der Waals surface area contributed by atoms with Crippen LogP contribution in [-0.2, 0) is 11.3 Å². The van der Waals surface area contributed by atoms with Crippen molar-refractivity contribution in [1.82, 2.24) is 5.32 Å². The molecule has 2 fully saturated rings. The van der Waals surface area contributed by atoms with Gasteiger partial charge in [-0.05, 0) is 79.5 Å². The van der Waals surface area contributed by atoms with Gasteiger partial charge in [-0.3, -0.25) is 9.59 Å². The number of anilines is 1. The van der Waals surface area contributed by atoms with Crippen LogP contribution in [0.3, 0.4) is 0 Å². The number of amides is 2. The summed E-state index contributed by atoms with van der Waals surface area (Å²) in [4.78, 5) is 28.5. The van der Waals surface area contributed by atoms with Crippen LogP contribution in [-0.4, -0.2) is 24.1 Å². The molecule has 2 aromatic rings. The summed E-state index contributed by atoms with van der Waals surface area (Å²) in [6.07, 6.45) is 6.20. The lowest BCUT2D eigenvalue weighted by Crippen LogP contribution is -2.46. The van der Waals surface area contributed by atoms with Gasteiger partial charge < -0.3 is 10.2 Å². The van der Waals surface area contributed by atoms with Crippen LogP contribution in [0.4, 0.5) is 10.1 Å². The molecule has 0 radical (unpaired) electrons. The fourth-order valence-electron chi connectivity index (χ4n) is 6.81. The molecular weight excluding hydrogens is 447 g/mol. The first-order chi connectivity index (χ1) is 16.3. The highest BCUT2D eigenvalue weighted by Gasteiger charge is 2.44. The molecule has 34 heavy (non-hydrogen) atoms. The predicted molar refractivity (Wildman–Crippen MR) is 134 cm³/mol. The third kappa shape index (κ3) is 4.74. The van der Waals surface area contributed by atoms with Crippen molar-refractivity contribution >= 4 is 29.3 Å². The maximum absolute atomic E-state index is 14.3. The molecule has 2 bridgehead atoms. The minimum atomic E-state index is -0.329. The van der Waals surface area contributed by atoms with Crippen molar-refractivity contribution in [3.8, 4) is 0 Å². The Bertz CT molecular complexity index is 1080. The van der Waals surface area contributed by atoms with Gasteiger partial charge in [0, 0.05) is 22.6 Å². The summed E-state index contributed by atoms with van der Waals surface area (Å²) in [5.41, 5.74) is 1.91. The van der Waals surface area contributed by atoms with Gasteiger partial charge in [0.1, 0.15) is 5.82 Å². The molecule has 6 heteroatoms. The zero-order valence-electron chi connectivity index (χ0n) is 20.0. The molecule has 4 atom stereocenters. The number of thioether (sulfide) groups is 1. The highest BCUT2D eigenvalue weighted by molar-refractivity contribution is 8.00. The summed E-state index contributed by atoms with van der Waals surface area (Å²) in [5.74, 6) is 2.01. The van der Waals surface area contributed by atoms with Crippen LogP contribution >= 0.6 is 11.8 Å². The molecule has 2 aromatic carbocycles. The quantitative estimate of drug-likeness (QED) is 0.567. The van der Waals surface area contributed by atoms with Gasteiger partial charge in [0.2, 0.25) is 5.91 Å². The summed E-state index contributed by atoms with van der Waals surface area (Å²) in [5, 5.41) is 3.24. The van der Waals surface area contributed by atoms with Crippen LogP contribution in [0.2, 0.25) is 0 Å². The first-order valence-corrected chi connectivity index (χ1v) is 13.4. The molecular formula is C28H33FN2O2S. The van der Waals surface area contributed by atoms with Crippen LogP contribution in [0.15, 0.2) is 47.4 Å². The number of hydrogen-bond donors (Lipinski definition) is 1. The Morgan fingerprint density at radius 2 is 1.85 bits per heavy atom. The van der Waals surface area contributed by atoms with Gasteiger partial charge in [-0.25, -0.2) is 4.39 Å². The summed E-state index contributed by atoms with van der Waals surface area (Å²) in [6.45, 7) is 5.56. The van der Waals surface area contributed by atoms with E-state index in [0.29, 0.717) is 40.9 Å². The van der Waals surface area contributed by atoms with E-state index in [9.17, 15) is 14.0 Å². The molecule has 5 rings (SSSR count). The van der Waals surface area contributed by atoms with E-state index in [1.54, 1.807) is 29.2 Å². The average Bonchev–Trinajstić information content (AvgIpc) is 2.79. The number of benzene rings is 2. The smallest absolute Gasteiger partial charge is 0.251 e. The standard InChI is InChI=1S/C28H33FN2O2S/c1-18-9-20-10-19(2)13-28(12-18,14-20)17-30-27(33)21-7-8-25-24(11-21)31(26(32)16-34-25)15-22-5-3-4-6-23(22)29/h3-8,11,18-20H,9-10,12-17H2,1-2H3,(H,30,33)/t18-,19+,20?,28?. The number of carbonyl (C=O) groups is 2. The summed E-state index contributed by atoms with van der Waals surface area (Å²) >= 11 is 1.47. The lowest BCUT2D eigenvalue weighted by atomic mass is 9.57. The molecule has 2 saturated carbocycles. The molecule has 0 spiro atoms. The fourth-order valence-corrected chi connectivity index (χ4v) is 7.72. The van der Waals surface area contributed by atoms with Crippen molar-refractivity contribution < 1.29 is 14.0 Å². The van der Waals surface area contributed by atoms with E-state index < -0.39 is 0 Å². The van der Waals surface area contributed by atoms with E-state index >= 15 is 0 Å². The van der Waals surface area contributed by atoms with Crippen LogP contribution < -0.4 is 10.2 Å². The number of fused-ring (bicyclic) bond motifs is 3. The lowest BCUT2D eigenvalue weighted by Gasteiger charge is -2.50.